The summed E-state index contributed by atoms with van der Waals surface area (Å²) in [7, 11) is 0. The van der Waals surface area contributed by atoms with E-state index in [-0.39, 0.29) is 19.5 Å². The van der Waals surface area contributed by atoms with Gasteiger partial charge in [0.15, 0.2) is 0 Å². The molecule has 3 N–H and O–H groups in total. The summed E-state index contributed by atoms with van der Waals surface area (Å²) in [6.07, 6.45) is -0.795. The van der Waals surface area contributed by atoms with Crippen molar-refractivity contribution >= 4 is 17.5 Å². The second-order valence-corrected chi connectivity index (χ2v) is 5.05. The summed E-state index contributed by atoms with van der Waals surface area (Å²) in [5.41, 5.74) is -1.36. The number of nitrogens with one attached hydrogen (secondary N) is 2. The van der Waals surface area contributed by atoms with Gasteiger partial charge in [-0.3, -0.25) is 4.79 Å². The molecule has 2 atom stereocenters. The van der Waals surface area contributed by atoms with Crippen molar-refractivity contribution in [3.63, 3.8) is 0 Å². The van der Waals surface area contributed by atoms with Crippen LogP contribution in [0.4, 0.5) is 4.39 Å². The van der Waals surface area contributed by atoms with E-state index in [4.69, 9.17) is 11.6 Å². The van der Waals surface area contributed by atoms with Crippen molar-refractivity contribution in [2.24, 2.45) is 0 Å². The minimum absolute atomic E-state index is 0.0149. The molecule has 0 saturated carbocycles. The zero-order valence-corrected chi connectivity index (χ0v) is 11.1. The van der Waals surface area contributed by atoms with Gasteiger partial charge in [-0.05, 0) is 12.6 Å². The Hall–Kier alpha value is -1.17. The zero-order valence-electron chi connectivity index (χ0n) is 10.3. The second kappa shape index (κ2) is 5.86. The van der Waals surface area contributed by atoms with Crippen LogP contribution in [0.3, 0.4) is 0 Å². The van der Waals surface area contributed by atoms with Gasteiger partial charge in [-0.15, -0.1) is 0 Å². The monoisotopic (exact) mass is 286 g/mol. The van der Waals surface area contributed by atoms with Crippen LogP contribution in [0.15, 0.2) is 24.3 Å². The van der Waals surface area contributed by atoms with E-state index in [1.165, 1.54) is 0 Å². The molecule has 0 radical (unpaired) electrons. The molecule has 1 aromatic rings. The van der Waals surface area contributed by atoms with Gasteiger partial charge in [0.25, 0.3) is 5.91 Å². The number of hydrogen-bond acceptors (Lipinski definition) is 3. The fraction of sp³-hybridized carbons (Fsp3) is 0.462. The van der Waals surface area contributed by atoms with Gasteiger partial charge in [-0.25, -0.2) is 4.39 Å². The lowest BCUT2D eigenvalue weighted by molar-refractivity contribution is -0.132. The first kappa shape index (κ1) is 14.2. The van der Waals surface area contributed by atoms with Crippen LogP contribution in [0, 0.1) is 0 Å². The maximum absolute atomic E-state index is 14.1. The highest BCUT2D eigenvalue weighted by molar-refractivity contribution is 6.31. The predicted molar refractivity (Wildman–Crippen MR) is 70.7 cm³/mol. The van der Waals surface area contributed by atoms with Crippen molar-refractivity contribution in [3.05, 3.63) is 34.9 Å². The molecule has 6 heteroatoms. The fourth-order valence-corrected chi connectivity index (χ4v) is 2.32. The first-order valence-electron chi connectivity index (χ1n) is 6.13. The molecule has 1 fully saturated rings. The number of halogens is 2. The summed E-state index contributed by atoms with van der Waals surface area (Å²) in [6.45, 7) is 0.437. The first-order valence-corrected chi connectivity index (χ1v) is 6.51. The van der Waals surface area contributed by atoms with Gasteiger partial charge < -0.3 is 15.7 Å². The maximum Gasteiger partial charge on any atom is 0.259 e. The molecule has 1 heterocycles. The number of carbonyl (C=O) groups excluding carboxylic acids is 1. The lowest BCUT2D eigenvalue weighted by Gasteiger charge is -2.19. The number of aliphatic hydroxyl groups is 1. The predicted octanol–water partition coefficient (Wildman–Crippen LogP) is 1.19. The molecule has 0 spiro atoms. The minimum atomic E-state index is -1.87. The number of amides is 1. The molecule has 1 saturated heterocycles. The number of alkyl halides is 1. The van der Waals surface area contributed by atoms with E-state index >= 15 is 0 Å². The van der Waals surface area contributed by atoms with E-state index in [1.807, 2.05) is 0 Å². The smallest absolute Gasteiger partial charge is 0.259 e. The van der Waals surface area contributed by atoms with Crippen molar-refractivity contribution in [2.45, 2.75) is 18.2 Å². The van der Waals surface area contributed by atoms with Crippen LogP contribution in [0.25, 0.3) is 0 Å². The molecular weight excluding hydrogens is 271 g/mol. The van der Waals surface area contributed by atoms with Gasteiger partial charge in [0.2, 0.25) is 5.67 Å². The third kappa shape index (κ3) is 3.23. The molecule has 2 rings (SSSR count). The highest BCUT2D eigenvalue weighted by atomic mass is 35.5. The molecule has 104 valence electrons. The van der Waals surface area contributed by atoms with Crippen molar-refractivity contribution in [3.8, 4) is 0 Å². The Bertz CT molecular complexity index is 464. The number of rotatable bonds is 4. The van der Waals surface area contributed by atoms with E-state index < -0.39 is 17.7 Å². The number of hydrogen-bond donors (Lipinski definition) is 3. The van der Waals surface area contributed by atoms with E-state index in [9.17, 15) is 14.3 Å². The van der Waals surface area contributed by atoms with E-state index in [0.29, 0.717) is 17.1 Å². The van der Waals surface area contributed by atoms with Crippen molar-refractivity contribution in [1.29, 1.82) is 0 Å². The summed E-state index contributed by atoms with van der Waals surface area (Å²) in [6, 6.07) is 6.81. The summed E-state index contributed by atoms with van der Waals surface area (Å²) in [5, 5.41) is 15.6. The standard InChI is InChI=1S/C13H16ClFN2O2/c14-10-4-2-1-3-9(10)11(18)7-17-12(19)13(15)5-6-16-8-13/h1-4,11,16,18H,5-8H2,(H,17,19). The Balaban J connectivity index is 1.92. The molecule has 2 unspecified atom stereocenters. The Morgan fingerprint density at radius 1 is 1.58 bits per heavy atom. The van der Waals surface area contributed by atoms with E-state index in [1.54, 1.807) is 24.3 Å². The topological polar surface area (TPSA) is 61.4 Å². The summed E-state index contributed by atoms with van der Waals surface area (Å²) in [5.74, 6) is -0.691. The van der Waals surface area contributed by atoms with Crippen LogP contribution in [0.2, 0.25) is 5.02 Å². The Morgan fingerprint density at radius 3 is 2.95 bits per heavy atom. The van der Waals surface area contributed by atoms with Crippen LogP contribution >= 0.6 is 11.6 Å². The third-order valence-electron chi connectivity index (χ3n) is 3.23. The van der Waals surface area contributed by atoms with Crippen LogP contribution in [0.1, 0.15) is 18.1 Å². The third-order valence-corrected chi connectivity index (χ3v) is 3.57. The van der Waals surface area contributed by atoms with E-state index in [0.717, 1.165) is 0 Å². The van der Waals surface area contributed by atoms with Gasteiger partial charge in [0, 0.05) is 30.1 Å². The van der Waals surface area contributed by atoms with Crippen molar-refractivity contribution in [1.82, 2.24) is 10.6 Å². The first-order chi connectivity index (χ1) is 9.03. The molecule has 0 bridgehead atoms. The Morgan fingerprint density at radius 2 is 2.32 bits per heavy atom. The van der Waals surface area contributed by atoms with Crippen LogP contribution in [-0.4, -0.2) is 36.3 Å². The molecule has 0 aliphatic carbocycles. The quantitative estimate of drug-likeness (QED) is 0.779. The van der Waals surface area contributed by atoms with Crippen LogP contribution in [-0.2, 0) is 4.79 Å². The summed E-state index contributed by atoms with van der Waals surface area (Å²) in [4.78, 5) is 11.7. The molecule has 1 aliphatic rings. The molecule has 1 aromatic carbocycles. The molecule has 1 aliphatic heterocycles. The lowest BCUT2D eigenvalue weighted by atomic mass is 10.0. The van der Waals surface area contributed by atoms with E-state index in [2.05, 4.69) is 10.6 Å². The molecule has 19 heavy (non-hydrogen) atoms. The normalized spacial score (nSPS) is 24.2. The number of aliphatic hydroxyl groups excluding tert-OH is 1. The maximum atomic E-state index is 14.1. The Labute approximate surface area is 116 Å². The fourth-order valence-electron chi connectivity index (χ4n) is 2.06. The van der Waals surface area contributed by atoms with Gasteiger partial charge >= 0.3 is 0 Å². The number of benzene rings is 1. The summed E-state index contributed by atoms with van der Waals surface area (Å²) >= 11 is 5.93. The molecule has 4 nitrogen and oxygen atoms in total. The van der Waals surface area contributed by atoms with Crippen LogP contribution < -0.4 is 10.6 Å². The highest BCUT2D eigenvalue weighted by Gasteiger charge is 2.41. The van der Waals surface area contributed by atoms with Gasteiger partial charge in [0.05, 0.1) is 6.10 Å². The average Bonchev–Trinajstić information content (AvgIpc) is 2.84. The minimum Gasteiger partial charge on any atom is -0.387 e. The Kier molecular flexibility index (Phi) is 4.39. The molecule has 1 amide bonds. The lowest BCUT2D eigenvalue weighted by Crippen LogP contribution is -2.46. The SMILES string of the molecule is O=C(NCC(O)c1ccccc1Cl)C1(F)CCNC1. The summed E-state index contributed by atoms with van der Waals surface area (Å²) < 4.78 is 14.1. The van der Waals surface area contributed by atoms with Crippen molar-refractivity contribution in [2.75, 3.05) is 19.6 Å². The average molecular weight is 287 g/mol. The van der Waals surface area contributed by atoms with Crippen LogP contribution in [0.5, 0.6) is 0 Å². The highest BCUT2D eigenvalue weighted by Crippen LogP contribution is 2.23. The van der Waals surface area contributed by atoms with Crippen molar-refractivity contribution < 1.29 is 14.3 Å². The largest absolute Gasteiger partial charge is 0.387 e. The van der Waals surface area contributed by atoms with Gasteiger partial charge in [0.1, 0.15) is 0 Å². The second-order valence-electron chi connectivity index (χ2n) is 4.64. The molecule has 0 aromatic heterocycles. The van der Waals surface area contributed by atoms with Gasteiger partial charge in [-0.1, -0.05) is 29.8 Å². The molecular formula is C13H16ClFN2O2. The van der Waals surface area contributed by atoms with Gasteiger partial charge in [-0.2, -0.15) is 0 Å². The number of carbonyl (C=O) groups is 1. The zero-order chi connectivity index (χ0) is 13.9.